The average Bonchev–Trinajstić information content (AvgIpc) is 3.25. The summed E-state index contributed by atoms with van der Waals surface area (Å²) in [5, 5.41) is 5.92. The predicted molar refractivity (Wildman–Crippen MR) is 133 cm³/mol. The molecule has 0 atom stereocenters. The molecule has 2 amide bonds. The van der Waals surface area contributed by atoms with Gasteiger partial charge in [0, 0.05) is 29.6 Å². The van der Waals surface area contributed by atoms with Gasteiger partial charge in [0.25, 0.3) is 5.56 Å². The fourth-order valence-corrected chi connectivity index (χ4v) is 3.82. The lowest BCUT2D eigenvalue weighted by Gasteiger charge is -2.08. The Hall–Kier alpha value is -4.20. The molecule has 4 rings (SSSR count). The van der Waals surface area contributed by atoms with Crippen molar-refractivity contribution in [3.63, 3.8) is 0 Å². The van der Waals surface area contributed by atoms with Crippen LogP contribution < -0.4 is 16.2 Å². The van der Waals surface area contributed by atoms with Gasteiger partial charge in [-0.3, -0.25) is 14.4 Å². The van der Waals surface area contributed by atoms with Crippen molar-refractivity contribution in [1.29, 1.82) is 0 Å². The standard InChI is InChI=1S/C26H27N5O3/c1-2-3-5-10-22(32)27-15-23(33)30-19-13-11-18(12-14-19)21-16-31(20-8-6-4-7-9-20)25-24(21)26(34)29-17-28-25/h4,6-9,11-14,16-17H,2-3,5,10,15H2,1H3,(H,27,32)(H,30,33)(H,28,29,34). The topological polar surface area (TPSA) is 109 Å². The number of rotatable bonds is 9. The predicted octanol–water partition coefficient (Wildman–Crippen LogP) is 4.02. The molecule has 0 aliphatic rings. The quantitative estimate of drug-likeness (QED) is 0.330. The van der Waals surface area contributed by atoms with Gasteiger partial charge in [-0.2, -0.15) is 0 Å². The number of hydrogen-bond donors (Lipinski definition) is 3. The molecule has 0 aliphatic heterocycles. The molecular weight excluding hydrogens is 430 g/mol. The maximum atomic E-state index is 12.6. The van der Waals surface area contributed by atoms with Crippen LogP contribution in [0.25, 0.3) is 27.8 Å². The Balaban J connectivity index is 1.50. The molecule has 4 aromatic rings. The van der Waals surface area contributed by atoms with Crippen LogP contribution in [0.15, 0.2) is 71.9 Å². The molecule has 8 nitrogen and oxygen atoms in total. The van der Waals surface area contributed by atoms with E-state index in [9.17, 15) is 14.4 Å². The van der Waals surface area contributed by atoms with Crippen LogP contribution in [0.2, 0.25) is 0 Å². The van der Waals surface area contributed by atoms with Gasteiger partial charge in [0.1, 0.15) is 0 Å². The Bertz CT molecular complexity index is 1340. The molecule has 34 heavy (non-hydrogen) atoms. The van der Waals surface area contributed by atoms with E-state index in [1.807, 2.05) is 53.2 Å². The molecule has 0 saturated carbocycles. The first-order valence-electron chi connectivity index (χ1n) is 11.4. The van der Waals surface area contributed by atoms with Gasteiger partial charge in [0.2, 0.25) is 11.8 Å². The van der Waals surface area contributed by atoms with E-state index in [-0.39, 0.29) is 23.9 Å². The van der Waals surface area contributed by atoms with Gasteiger partial charge in [-0.1, -0.05) is 50.1 Å². The van der Waals surface area contributed by atoms with Crippen LogP contribution in [-0.2, 0) is 9.59 Å². The number of carbonyl (C=O) groups excluding carboxylic acids is 2. The third-order valence-corrected chi connectivity index (χ3v) is 5.56. The summed E-state index contributed by atoms with van der Waals surface area (Å²) in [4.78, 5) is 43.7. The zero-order valence-electron chi connectivity index (χ0n) is 19.0. The van der Waals surface area contributed by atoms with Crippen molar-refractivity contribution in [2.24, 2.45) is 0 Å². The van der Waals surface area contributed by atoms with Gasteiger partial charge in [-0.25, -0.2) is 4.98 Å². The van der Waals surface area contributed by atoms with E-state index in [4.69, 9.17) is 0 Å². The van der Waals surface area contributed by atoms with Crippen LogP contribution in [0.3, 0.4) is 0 Å². The summed E-state index contributed by atoms with van der Waals surface area (Å²) in [7, 11) is 0. The fourth-order valence-electron chi connectivity index (χ4n) is 3.82. The Labute approximate surface area is 197 Å². The number of aromatic nitrogens is 3. The first-order valence-corrected chi connectivity index (χ1v) is 11.4. The second-order valence-electron chi connectivity index (χ2n) is 8.04. The normalized spacial score (nSPS) is 10.9. The number of benzene rings is 2. The van der Waals surface area contributed by atoms with Crippen molar-refractivity contribution in [2.75, 3.05) is 11.9 Å². The van der Waals surface area contributed by atoms with E-state index in [1.165, 1.54) is 6.33 Å². The largest absolute Gasteiger partial charge is 0.347 e. The number of nitrogens with zero attached hydrogens (tertiary/aromatic N) is 2. The van der Waals surface area contributed by atoms with Gasteiger partial charge >= 0.3 is 0 Å². The molecule has 2 aromatic heterocycles. The smallest absolute Gasteiger partial charge is 0.260 e. The Kier molecular flexibility index (Phi) is 7.17. The molecule has 0 spiro atoms. The molecule has 2 heterocycles. The number of carbonyl (C=O) groups is 2. The highest BCUT2D eigenvalue weighted by Gasteiger charge is 2.16. The number of amides is 2. The first kappa shape index (κ1) is 23.0. The summed E-state index contributed by atoms with van der Waals surface area (Å²) in [5.74, 6) is -0.412. The van der Waals surface area contributed by atoms with Crippen molar-refractivity contribution in [1.82, 2.24) is 19.9 Å². The summed E-state index contributed by atoms with van der Waals surface area (Å²) in [6.45, 7) is 2.01. The molecule has 0 bridgehead atoms. The maximum absolute atomic E-state index is 12.6. The summed E-state index contributed by atoms with van der Waals surface area (Å²) in [6.07, 6.45) is 6.59. The third-order valence-electron chi connectivity index (χ3n) is 5.56. The highest BCUT2D eigenvalue weighted by molar-refractivity contribution is 5.96. The molecule has 3 N–H and O–H groups in total. The molecule has 0 radical (unpaired) electrons. The number of hydrogen-bond acceptors (Lipinski definition) is 4. The van der Waals surface area contributed by atoms with E-state index >= 15 is 0 Å². The minimum atomic E-state index is -0.294. The van der Waals surface area contributed by atoms with Crippen LogP contribution in [-0.4, -0.2) is 32.9 Å². The SMILES string of the molecule is CCCCCC(=O)NCC(=O)Nc1ccc(-c2cn(-c3ccccc3)c3nc[nH]c(=O)c23)cc1. The van der Waals surface area contributed by atoms with Crippen molar-refractivity contribution in [2.45, 2.75) is 32.6 Å². The van der Waals surface area contributed by atoms with Gasteiger partial charge in [0.05, 0.1) is 18.3 Å². The zero-order chi connectivity index (χ0) is 23.9. The molecule has 2 aromatic carbocycles. The van der Waals surface area contributed by atoms with Crippen molar-refractivity contribution in [3.05, 3.63) is 77.5 Å². The van der Waals surface area contributed by atoms with Gasteiger partial charge in [-0.15, -0.1) is 0 Å². The van der Waals surface area contributed by atoms with E-state index in [0.29, 0.717) is 23.1 Å². The molecule has 0 saturated heterocycles. The lowest BCUT2D eigenvalue weighted by molar-refractivity contribution is -0.124. The van der Waals surface area contributed by atoms with Crippen molar-refractivity contribution >= 4 is 28.5 Å². The van der Waals surface area contributed by atoms with E-state index in [0.717, 1.165) is 36.1 Å². The van der Waals surface area contributed by atoms with Crippen LogP contribution in [0.1, 0.15) is 32.6 Å². The minimum absolute atomic E-state index is 0.0711. The van der Waals surface area contributed by atoms with Gasteiger partial charge < -0.3 is 20.2 Å². The molecule has 0 unspecified atom stereocenters. The zero-order valence-corrected chi connectivity index (χ0v) is 19.0. The summed E-state index contributed by atoms with van der Waals surface area (Å²) in [5.41, 5.74) is 3.41. The summed E-state index contributed by atoms with van der Waals surface area (Å²) < 4.78 is 1.89. The van der Waals surface area contributed by atoms with Crippen molar-refractivity contribution < 1.29 is 9.59 Å². The number of fused-ring (bicyclic) bond motifs is 1. The Morgan fingerprint density at radius 1 is 1.00 bits per heavy atom. The van der Waals surface area contributed by atoms with Crippen molar-refractivity contribution in [3.8, 4) is 16.8 Å². The summed E-state index contributed by atoms with van der Waals surface area (Å²) >= 11 is 0. The molecule has 8 heteroatoms. The van der Waals surface area contributed by atoms with E-state index in [2.05, 4.69) is 27.5 Å². The highest BCUT2D eigenvalue weighted by atomic mass is 16.2. The monoisotopic (exact) mass is 457 g/mol. The Morgan fingerprint density at radius 3 is 2.50 bits per heavy atom. The number of H-pyrrole nitrogens is 1. The van der Waals surface area contributed by atoms with Crippen LogP contribution in [0, 0.1) is 0 Å². The number of nitrogens with one attached hydrogen (secondary N) is 3. The second kappa shape index (κ2) is 10.6. The molecular formula is C26H27N5O3. The number of anilines is 1. The van der Waals surface area contributed by atoms with Gasteiger partial charge in [0.15, 0.2) is 5.65 Å². The number of aromatic amines is 1. The third kappa shape index (κ3) is 5.23. The van der Waals surface area contributed by atoms with E-state index < -0.39 is 0 Å². The Morgan fingerprint density at radius 2 is 1.76 bits per heavy atom. The minimum Gasteiger partial charge on any atom is -0.347 e. The van der Waals surface area contributed by atoms with Gasteiger partial charge in [-0.05, 0) is 36.2 Å². The molecule has 174 valence electrons. The maximum Gasteiger partial charge on any atom is 0.260 e. The first-order chi connectivity index (χ1) is 16.6. The van der Waals surface area contributed by atoms with Crippen LogP contribution in [0.4, 0.5) is 5.69 Å². The van der Waals surface area contributed by atoms with Crippen LogP contribution >= 0.6 is 0 Å². The second-order valence-corrected chi connectivity index (χ2v) is 8.04. The van der Waals surface area contributed by atoms with E-state index in [1.54, 1.807) is 12.1 Å². The van der Waals surface area contributed by atoms with Crippen LogP contribution in [0.5, 0.6) is 0 Å². The molecule has 0 fully saturated rings. The fraction of sp³-hybridized carbons (Fsp3) is 0.231. The lowest BCUT2D eigenvalue weighted by Crippen LogP contribution is -2.32. The number of para-hydroxylation sites is 1. The highest BCUT2D eigenvalue weighted by Crippen LogP contribution is 2.30. The summed E-state index contributed by atoms with van der Waals surface area (Å²) in [6, 6.07) is 16.9. The lowest BCUT2D eigenvalue weighted by atomic mass is 10.1. The number of unbranched alkanes of at least 4 members (excludes halogenated alkanes) is 2. The molecule has 0 aliphatic carbocycles. The average molecular weight is 458 g/mol.